The molecule has 0 bridgehead atoms. The van der Waals surface area contributed by atoms with Crippen molar-refractivity contribution in [3.05, 3.63) is 97.1 Å². The molecule has 1 saturated heterocycles. The largest absolute Gasteiger partial charge is 0.408 e. The number of nitrogens with zero attached hydrogens (tertiary/aromatic N) is 1. The van der Waals surface area contributed by atoms with Crippen LogP contribution < -0.4 is 9.19 Å². The minimum absolute atomic E-state index is 0.131. The van der Waals surface area contributed by atoms with E-state index in [-0.39, 0.29) is 6.04 Å². The van der Waals surface area contributed by atoms with Gasteiger partial charge in [0.05, 0.1) is 6.61 Å². The van der Waals surface area contributed by atoms with Crippen molar-refractivity contribution in [2.75, 3.05) is 17.8 Å². The Morgan fingerprint density at radius 3 is 1.54 bits per heavy atom. The minimum Gasteiger partial charge on any atom is -0.408 e. The van der Waals surface area contributed by atoms with E-state index in [1.807, 2.05) is 84.9 Å². The smallest absolute Gasteiger partial charge is 0.387 e. The van der Waals surface area contributed by atoms with Crippen LogP contribution >= 0.6 is 16.4 Å². The van der Waals surface area contributed by atoms with Crippen molar-refractivity contribution in [1.82, 2.24) is 0 Å². The van der Waals surface area contributed by atoms with Gasteiger partial charge in [-0.05, 0) is 37.1 Å². The van der Waals surface area contributed by atoms with E-state index in [0.717, 1.165) is 63.3 Å². The van der Waals surface area contributed by atoms with E-state index in [4.69, 9.17) is 21.3 Å². The van der Waals surface area contributed by atoms with Crippen LogP contribution in [0.5, 0.6) is 0 Å². The summed E-state index contributed by atoms with van der Waals surface area (Å²) in [5, 5.41) is 4.12. The lowest BCUT2D eigenvalue weighted by molar-refractivity contribution is 0.342. The number of fused-ring (bicyclic) bond motifs is 6. The summed E-state index contributed by atoms with van der Waals surface area (Å²) in [4.78, 5) is 0. The molecule has 0 N–H and O–H groups in total. The normalized spacial score (nSPS) is 16.2. The van der Waals surface area contributed by atoms with E-state index in [9.17, 15) is 0 Å². The van der Waals surface area contributed by atoms with Crippen molar-refractivity contribution in [3.63, 3.8) is 0 Å². The van der Waals surface area contributed by atoms with Gasteiger partial charge in [-0.1, -0.05) is 72.8 Å². The maximum absolute atomic E-state index is 6.51. The van der Waals surface area contributed by atoms with Crippen LogP contribution in [0.2, 0.25) is 0 Å². The van der Waals surface area contributed by atoms with Gasteiger partial charge in [0.25, 0.3) is 0 Å². The highest BCUT2D eigenvalue weighted by Crippen LogP contribution is 2.41. The zero-order valence-corrected chi connectivity index (χ0v) is 21.8. The van der Waals surface area contributed by atoms with Crippen LogP contribution in [0.4, 0.5) is 0 Å². The Kier molecular flexibility index (Phi) is 6.04. The average molecular weight is 529 g/mol. The molecule has 6 aromatic rings. The molecule has 0 amide bonds. The fourth-order valence-corrected chi connectivity index (χ4v) is 7.68. The third kappa shape index (κ3) is 4.37. The number of hydrogen-bond acceptors (Lipinski definition) is 6. The lowest BCUT2D eigenvalue weighted by Gasteiger charge is -2.19. The van der Waals surface area contributed by atoms with Gasteiger partial charge in [0.15, 0.2) is 0 Å². The molecule has 0 radical (unpaired) electrons. The molecule has 8 heteroatoms. The molecule has 0 saturated carbocycles. The molecule has 37 heavy (non-hydrogen) atoms. The average Bonchev–Trinajstić information content (AvgIpc) is 3.26. The van der Waals surface area contributed by atoms with Gasteiger partial charge in [-0.3, -0.25) is 4.52 Å². The predicted octanol–water partition coefficient (Wildman–Crippen LogP) is 9.12. The molecule has 3 heterocycles. The molecule has 2 aromatic heterocycles. The van der Waals surface area contributed by atoms with Crippen molar-refractivity contribution in [2.45, 2.75) is 18.9 Å². The van der Waals surface area contributed by atoms with Gasteiger partial charge in [0, 0.05) is 34.1 Å². The van der Waals surface area contributed by atoms with Gasteiger partial charge in [0.1, 0.15) is 22.3 Å². The maximum atomic E-state index is 6.51. The molecule has 4 aromatic carbocycles. The second-order valence-electron chi connectivity index (χ2n) is 9.07. The van der Waals surface area contributed by atoms with Crippen LogP contribution in [0, 0.1) is 0 Å². The molecule has 0 unspecified atom stereocenters. The van der Waals surface area contributed by atoms with E-state index in [1.54, 1.807) is 0 Å². The monoisotopic (exact) mass is 529 g/mol. The second-order valence-corrected chi connectivity index (χ2v) is 11.5. The van der Waals surface area contributed by atoms with Gasteiger partial charge >= 0.3 is 16.4 Å². The summed E-state index contributed by atoms with van der Waals surface area (Å²) in [5.74, 6) is 0. The molecular formula is C29H25NO5P2. The zero-order valence-electron chi connectivity index (χ0n) is 20.0. The summed E-state index contributed by atoms with van der Waals surface area (Å²) in [6.07, 6.45) is 2.04. The molecular weight excluding hydrogens is 504 g/mol. The van der Waals surface area contributed by atoms with Crippen molar-refractivity contribution >= 4 is 60.3 Å². The number of benzene rings is 4. The van der Waals surface area contributed by atoms with Crippen LogP contribution in [-0.2, 0) is 0 Å². The van der Waals surface area contributed by atoms with Gasteiger partial charge < -0.3 is 16.8 Å². The van der Waals surface area contributed by atoms with Crippen molar-refractivity contribution in [2.24, 2.45) is 0 Å². The van der Waals surface area contributed by atoms with Crippen LogP contribution in [-0.4, -0.2) is 19.2 Å². The topological polar surface area (TPSA) is 65.0 Å². The molecule has 7 rings (SSSR count). The first-order valence-corrected chi connectivity index (χ1v) is 14.6. The number of rotatable bonds is 4. The summed E-state index contributed by atoms with van der Waals surface area (Å²) in [6.45, 7) is 1.35. The molecule has 1 atom stereocenters. The van der Waals surface area contributed by atoms with Gasteiger partial charge in [-0.25, -0.2) is 0 Å². The van der Waals surface area contributed by atoms with Crippen LogP contribution in [0.3, 0.4) is 0 Å². The molecule has 1 aliphatic rings. The van der Waals surface area contributed by atoms with Crippen LogP contribution in [0.15, 0.2) is 114 Å². The number of hydrogen-bond donors (Lipinski definition) is 0. The summed E-state index contributed by atoms with van der Waals surface area (Å²) < 4.78 is 34.1. The third-order valence-corrected chi connectivity index (χ3v) is 9.46. The standard InChI is InChI=1S/C29H25NO5P2/c1-5-15-26-22(11-1)23-12-2-6-16-27(23)33-36(32-26)30-19-9-10-21(30)20-31-37-34-28-17-7-3-13-24(28)25-14-4-8-18-29(25)35-37/h1-8,11-18,21H,9-10,19-20H2/t21-/m0/s1. The Bertz CT molecular complexity index is 1700. The number of para-hydroxylation sites is 4. The minimum atomic E-state index is -1.62. The lowest BCUT2D eigenvalue weighted by Crippen LogP contribution is -2.31. The lowest BCUT2D eigenvalue weighted by atomic mass is 10.1. The van der Waals surface area contributed by atoms with Crippen LogP contribution in [0.1, 0.15) is 12.8 Å². The quantitative estimate of drug-likeness (QED) is 0.227. The van der Waals surface area contributed by atoms with Crippen LogP contribution in [0.25, 0.3) is 43.9 Å². The Hall–Kier alpha value is -3.40. The van der Waals surface area contributed by atoms with Gasteiger partial charge in [-0.15, -0.1) is 0 Å². The van der Waals surface area contributed by atoms with E-state index in [0.29, 0.717) is 6.61 Å². The Morgan fingerprint density at radius 2 is 1.05 bits per heavy atom. The third-order valence-electron chi connectivity index (χ3n) is 6.76. The first kappa shape index (κ1) is 22.8. The first-order valence-electron chi connectivity index (χ1n) is 12.4. The molecule has 186 valence electrons. The zero-order chi connectivity index (χ0) is 24.6. The maximum Gasteiger partial charge on any atom is 0.387 e. The molecule has 6 nitrogen and oxygen atoms in total. The Morgan fingerprint density at radius 1 is 0.622 bits per heavy atom. The van der Waals surface area contributed by atoms with Gasteiger partial charge in [0.2, 0.25) is 0 Å². The van der Waals surface area contributed by atoms with E-state index < -0.39 is 16.4 Å². The first-order chi connectivity index (χ1) is 18.3. The summed E-state index contributed by atoms with van der Waals surface area (Å²) in [5.41, 5.74) is 3.24. The highest BCUT2D eigenvalue weighted by Gasteiger charge is 2.30. The van der Waals surface area contributed by atoms with Crippen molar-refractivity contribution in [3.8, 4) is 0 Å². The summed E-state index contributed by atoms with van der Waals surface area (Å²) >= 11 is 0. The summed E-state index contributed by atoms with van der Waals surface area (Å²) in [7, 11) is -2.97. The highest BCUT2D eigenvalue weighted by atomic mass is 31.1. The molecule has 1 aliphatic heterocycles. The molecule has 1 fully saturated rings. The highest BCUT2D eigenvalue weighted by molar-refractivity contribution is 7.39. The van der Waals surface area contributed by atoms with E-state index in [2.05, 4.69) is 16.8 Å². The van der Waals surface area contributed by atoms with Crippen molar-refractivity contribution in [1.29, 1.82) is 0 Å². The fraction of sp³-hybridized carbons (Fsp3) is 0.172. The second kappa shape index (κ2) is 9.81. The Balaban J connectivity index is 1.25. The fourth-order valence-electron chi connectivity index (χ4n) is 4.95. The Labute approximate surface area is 215 Å². The SMILES string of the molecule is c1ccc2c(c1)op(OC[C@@H]1CCCN1p1oc3ccccc3c3ccccc3o1)oc1ccccc12. The van der Waals surface area contributed by atoms with Gasteiger partial charge in [-0.2, -0.15) is 4.67 Å². The summed E-state index contributed by atoms with van der Waals surface area (Å²) in [6, 6.07) is 32.4. The van der Waals surface area contributed by atoms with E-state index in [1.165, 1.54) is 0 Å². The molecule has 0 spiro atoms. The predicted molar refractivity (Wildman–Crippen MR) is 150 cm³/mol. The van der Waals surface area contributed by atoms with E-state index >= 15 is 0 Å². The van der Waals surface area contributed by atoms with Crippen molar-refractivity contribution < 1.29 is 21.3 Å². The molecule has 0 aliphatic carbocycles.